The van der Waals surface area contributed by atoms with Crippen LogP contribution >= 0.6 is 23.1 Å². The standard InChI is InChI=1S/C14H13F3N4O2S2/c1-7-10-12(18-5-19-13(10)25-11(7)14(15,16)17)24-4-9(23)21-3-8(22)20(2)6-21/h5H,3-4,6H2,1-2H3. The summed E-state index contributed by atoms with van der Waals surface area (Å²) < 4.78 is 39.2. The van der Waals surface area contributed by atoms with Crippen LogP contribution in [0.25, 0.3) is 10.2 Å². The lowest BCUT2D eigenvalue weighted by molar-refractivity contribution is -0.134. The Morgan fingerprint density at radius 1 is 1.40 bits per heavy atom. The van der Waals surface area contributed by atoms with Crippen LogP contribution in [0.5, 0.6) is 0 Å². The van der Waals surface area contributed by atoms with E-state index in [0.29, 0.717) is 21.7 Å². The van der Waals surface area contributed by atoms with Gasteiger partial charge in [-0.05, 0) is 12.5 Å². The van der Waals surface area contributed by atoms with Crippen LogP contribution in [0, 0.1) is 6.92 Å². The number of fused-ring (bicyclic) bond motifs is 1. The van der Waals surface area contributed by atoms with Crippen LogP contribution in [-0.4, -0.2) is 57.6 Å². The minimum Gasteiger partial charge on any atom is -0.326 e. The number of hydrogen-bond donors (Lipinski definition) is 0. The second-order valence-corrected chi connectivity index (χ2v) is 7.49. The van der Waals surface area contributed by atoms with Gasteiger partial charge in [-0.15, -0.1) is 11.3 Å². The van der Waals surface area contributed by atoms with Crippen molar-refractivity contribution in [2.75, 3.05) is 26.0 Å². The SMILES string of the molecule is Cc1c(C(F)(F)F)sc2ncnc(SCC(=O)N3CC(=O)N(C)C3)c12. The molecule has 1 fully saturated rings. The summed E-state index contributed by atoms with van der Waals surface area (Å²) in [6, 6.07) is 0. The van der Waals surface area contributed by atoms with Gasteiger partial charge in [0.05, 0.1) is 12.4 Å². The van der Waals surface area contributed by atoms with Gasteiger partial charge < -0.3 is 9.80 Å². The van der Waals surface area contributed by atoms with E-state index in [1.165, 1.54) is 23.1 Å². The van der Waals surface area contributed by atoms with Crippen molar-refractivity contribution in [1.82, 2.24) is 19.8 Å². The molecule has 0 spiro atoms. The maximum absolute atomic E-state index is 13.1. The Kier molecular flexibility index (Phi) is 4.62. The van der Waals surface area contributed by atoms with Crippen molar-refractivity contribution >= 4 is 45.1 Å². The van der Waals surface area contributed by atoms with E-state index in [9.17, 15) is 22.8 Å². The molecule has 2 aromatic heterocycles. The Morgan fingerprint density at radius 2 is 2.12 bits per heavy atom. The van der Waals surface area contributed by atoms with E-state index in [2.05, 4.69) is 9.97 Å². The predicted octanol–water partition coefficient (Wildman–Crippen LogP) is 2.37. The van der Waals surface area contributed by atoms with Crippen molar-refractivity contribution in [3.8, 4) is 0 Å². The molecule has 0 saturated carbocycles. The molecule has 0 aliphatic carbocycles. The zero-order valence-electron chi connectivity index (χ0n) is 13.3. The fourth-order valence-corrected chi connectivity index (χ4v) is 4.52. The van der Waals surface area contributed by atoms with E-state index in [4.69, 9.17) is 0 Å². The second kappa shape index (κ2) is 6.45. The molecule has 0 radical (unpaired) electrons. The highest BCUT2D eigenvalue weighted by atomic mass is 32.2. The number of nitrogens with zero attached hydrogens (tertiary/aromatic N) is 4. The molecule has 6 nitrogen and oxygen atoms in total. The molecule has 3 rings (SSSR count). The Morgan fingerprint density at radius 3 is 2.72 bits per heavy atom. The maximum Gasteiger partial charge on any atom is 0.425 e. The molecule has 0 bridgehead atoms. The number of halogens is 3. The quantitative estimate of drug-likeness (QED) is 0.595. The zero-order valence-corrected chi connectivity index (χ0v) is 14.9. The molecule has 1 aliphatic heterocycles. The van der Waals surface area contributed by atoms with Gasteiger partial charge in [0.1, 0.15) is 27.6 Å². The molecule has 2 aromatic rings. The molecular formula is C14H13F3N4O2S2. The Bertz CT molecular complexity index is 852. The number of rotatable bonds is 3. The zero-order chi connectivity index (χ0) is 18.4. The van der Waals surface area contributed by atoms with Crippen LogP contribution in [0.1, 0.15) is 10.4 Å². The number of thioether (sulfide) groups is 1. The summed E-state index contributed by atoms with van der Waals surface area (Å²) >= 11 is 1.62. The first-order chi connectivity index (χ1) is 11.7. The third-order valence-electron chi connectivity index (χ3n) is 3.77. The number of hydrogen-bond acceptors (Lipinski definition) is 6. The number of aryl methyl sites for hydroxylation is 1. The van der Waals surface area contributed by atoms with Gasteiger partial charge in [0, 0.05) is 12.4 Å². The van der Waals surface area contributed by atoms with Gasteiger partial charge in [-0.25, -0.2) is 9.97 Å². The number of aromatic nitrogens is 2. The van der Waals surface area contributed by atoms with Gasteiger partial charge in [-0.3, -0.25) is 9.59 Å². The van der Waals surface area contributed by atoms with E-state index in [-0.39, 0.29) is 41.2 Å². The Labute approximate surface area is 149 Å². The highest BCUT2D eigenvalue weighted by molar-refractivity contribution is 8.00. The molecule has 0 N–H and O–H groups in total. The molecule has 25 heavy (non-hydrogen) atoms. The van der Waals surface area contributed by atoms with E-state index >= 15 is 0 Å². The first kappa shape index (κ1) is 17.9. The highest BCUT2D eigenvalue weighted by Crippen LogP contribution is 2.43. The Balaban J connectivity index is 1.81. The number of amides is 2. The average molecular weight is 390 g/mol. The number of carbonyl (C=O) groups is 2. The first-order valence-electron chi connectivity index (χ1n) is 7.14. The van der Waals surface area contributed by atoms with Crippen LogP contribution in [0.3, 0.4) is 0 Å². The highest BCUT2D eigenvalue weighted by Gasteiger charge is 2.36. The van der Waals surface area contributed by atoms with E-state index in [0.717, 1.165) is 11.8 Å². The summed E-state index contributed by atoms with van der Waals surface area (Å²) in [6.45, 7) is 1.61. The van der Waals surface area contributed by atoms with Crippen molar-refractivity contribution in [1.29, 1.82) is 0 Å². The molecule has 1 aliphatic rings. The van der Waals surface area contributed by atoms with E-state index in [1.807, 2.05) is 0 Å². The largest absolute Gasteiger partial charge is 0.425 e. The van der Waals surface area contributed by atoms with Crippen LogP contribution in [0.15, 0.2) is 11.4 Å². The second-order valence-electron chi connectivity index (χ2n) is 5.53. The summed E-state index contributed by atoms with van der Waals surface area (Å²) in [5, 5.41) is 0.661. The first-order valence-corrected chi connectivity index (χ1v) is 8.94. The monoisotopic (exact) mass is 390 g/mol. The normalized spacial score (nSPS) is 15.5. The molecular weight excluding hydrogens is 377 g/mol. The van der Waals surface area contributed by atoms with Gasteiger partial charge in [0.15, 0.2) is 0 Å². The summed E-state index contributed by atoms with van der Waals surface area (Å²) in [7, 11) is 1.60. The average Bonchev–Trinajstić information content (AvgIpc) is 3.06. The molecule has 0 unspecified atom stereocenters. The lowest BCUT2D eigenvalue weighted by Gasteiger charge is -2.14. The molecule has 11 heteroatoms. The number of likely N-dealkylation sites (N-methyl/N-ethyl adjacent to an activating group) is 1. The minimum atomic E-state index is -4.45. The summed E-state index contributed by atoms with van der Waals surface area (Å²) in [5.41, 5.74) is 0.0686. The molecule has 0 aromatic carbocycles. The third-order valence-corrected chi connectivity index (χ3v) is 5.99. The lowest BCUT2D eigenvalue weighted by Crippen LogP contribution is -2.31. The van der Waals surface area contributed by atoms with Crippen molar-refractivity contribution < 1.29 is 22.8 Å². The van der Waals surface area contributed by atoms with Crippen molar-refractivity contribution in [2.24, 2.45) is 0 Å². The van der Waals surface area contributed by atoms with Crippen LogP contribution in [0.4, 0.5) is 13.2 Å². The van der Waals surface area contributed by atoms with Crippen molar-refractivity contribution in [3.63, 3.8) is 0 Å². The Hall–Kier alpha value is -1.88. The summed E-state index contributed by atoms with van der Waals surface area (Å²) in [6.07, 6.45) is -3.26. The van der Waals surface area contributed by atoms with Crippen molar-refractivity contribution in [2.45, 2.75) is 18.1 Å². The number of thiophene rings is 1. The number of carbonyl (C=O) groups excluding carboxylic acids is 2. The van der Waals surface area contributed by atoms with Crippen molar-refractivity contribution in [3.05, 3.63) is 16.8 Å². The van der Waals surface area contributed by atoms with Gasteiger partial charge in [-0.2, -0.15) is 13.2 Å². The minimum absolute atomic E-state index is 0.0100. The van der Waals surface area contributed by atoms with Gasteiger partial charge >= 0.3 is 6.18 Å². The topological polar surface area (TPSA) is 66.4 Å². The fourth-order valence-electron chi connectivity index (χ4n) is 2.48. The van der Waals surface area contributed by atoms with Gasteiger partial charge in [-0.1, -0.05) is 11.8 Å². The van der Waals surface area contributed by atoms with Crippen LogP contribution in [-0.2, 0) is 15.8 Å². The summed E-state index contributed by atoms with van der Waals surface area (Å²) in [4.78, 5) is 34.0. The molecule has 1 saturated heterocycles. The molecule has 0 atom stereocenters. The van der Waals surface area contributed by atoms with Gasteiger partial charge in [0.25, 0.3) is 0 Å². The summed E-state index contributed by atoms with van der Waals surface area (Å²) in [5.74, 6) is -0.422. The molecule has 2 amide bonds. The van der Waals surface area contributed by atoms with E-state index in [1.54, 1.807) is 7.05 Å². The lowest BCUT2D eigenvalue weighted by atomic mass is 10.2. The van der Waals surface area contributed by atoms with Gasteiger partial charge in [0.2, 0.25) is 11.8 Å². The molecule has 134 valence electrons. The molecule has 3 heterocycles. The van der Waals surface area contributed by atoms with E-state index < -0.39 is 11.1 Å². The maximum atomic E-state index is 13.1. The van der Waals surface area contributed by atoms with Crippen LogP contribution < -0.4 is 0 Å². The smallest absolute Gasteiger partial charge is 0.326 e. The fraction of sp³-hybridized carbons (Fsp3) is 0.429. The predicted molar refractivity (Wildman–Crippen MR) is 87.2 cm³/mol. The number of alkyl halides is 3. The third kappa shape index (κ3) is 3.43. The van der Waals surface area contributed by atoms with Crippen LogP contribution in [0.2, 0.25) is 0 Å².